The van der Waals surface area contributed by atoms with Gasteiger partial charge in [-0.2, -0.15) is 0 Å². The maximum absolute atomic E-state index is 5.87. The van der Waals surface area contributed by atoms with Crippen molar-refractivity contribution in [2.75, 3.05) is 40.5 Å². The highest BCUT2D eigenvalue weighted by molar-refractivity contribution is 5.42. The van der Waals surface area contributed by atoms with Crippen molar-refractivity contribution in [2.45, 2.75) is 13.0 Å². The number of nitrogens with two attached hydrogens (primary N) is 1. The summed E-state index contributed by atoms with van der Waals surface area (Å²) >= 11 is 0. The molecule has 0 heterocycles. The number of methoxy groups -OCH3 is 2. The average Bonchev–Trinajstić information content (AvgIpc) is 2.50. The van der Waals surface area contributed by atoms with Gasteiger partial charge in [0.1, 0.15) is 11.5 Å². The van der Waals surface area contributed by atoms with Crippen molar-refractivity contribution >= 4 is 0 Å². The minimum Gasteiger partial charge on any atom is -0.497 e. The van der Waals surface area contributed by atoms with Gasteiger partial charge in [-0.3, -0.25) is 0 Å². The SMILES string of the molecule is C=C(C)COCCNC(CN)c1cc(OC)ccc1OC. The van der Waals surface area contributed by atoms with Crippen LogP contribution in [0.2, 0.25) is 0 Å². The van der Waals surface area contributed by atoms with Gasteiger partial charge in [0, 0.05) is 24.7 Å². The zero-order valence-corrected chi connectivity index (χ0v) is 13.1. The van der Waals surface area contributed by atoms with Crippen molar-refractivity contribution in [3.05, 3.63) is 35.9 Å². The van der Waals surface area contributed by atoms with E-state index in [1.807, 2.05) is 25.1 Å². The molecule has 0 aromatic heterocycles. The van der Waals surface area contributed by atoms with Gasteiger partial charge in [0.15, 0.2) is 0 Å². The molecule has 0 aliphatic carbocycles. The predicted molar refractivity (Wildman–Crippen MR) is 85.0 cm³/mol. The van der Waals surface area contributed by atoms with Crippen molar-refractivity contribution in [2.24, 2.45) is 5.73 Å². The Kier molecular flexibility index (Phi) is 7.82. The van der Waals surface area contributed by atoms with E-state index in [1.165, 1.54) is 0 Å². The molecular weight excluding hydrogens is 268 g/mol. The Morgan fingerprint density at radius 3 is 2.67 bits per heavy atom. The van der Waals surface area contributed by atoms with Crippen LogP contribution in [0.25, 0.3) is 0 Å². The van der Waals surface area contributed by atoms with E-state index >= 15 is 0 Å². The molecule has 5 heteroatoms. The van der Waals surface area contributed by atoms with Gasteiger partial charge in [0.05, 0.1) is 27.4 Å². The van der Waals surface area contributed by atoms with Crippen LogP contribution in [0.3, 0.4) is 0 Å². The first kappa shape index (κ1) is 17.5. The van der Waals surface area contributed by atoms with E-state index in [2.05, 4.69) is 11.9 Å². The highest BCUT2D eigenvalue weighted by atomic mass is 16.5. The number of nitrogens with one attached hydrogen (secondary N) is 1. The summed E-state index contributed by atoms with van der Waals surface area (Å²) in [5.41, 5.74) is 7.87. The highest BCUT2D eigenvalue weighted by Gasteiger charge is 2.15. The van der Waals surface area contributed by atoms with E-state index in [0.717, 1.165) is 22.6 Å². The molecular formula is C16H26N2O3. The maximum Gasteiger partial charge on any atom is 0.123 e. The first-order valence-electron chi connectivity index (χ1n) is 6.99. The lowest BCUT2D eigenvalue weighted by atomic mass is 10.1. The molecule has 0 radical (unpaired) electrons. The second-order valence-corrected chi connectivity index (χ2v) is 4.86. The van der Waals surface area contributed by atoms with Crippen molar-refractivity contribution < 1.29 is 14.2 Å². The smallest absolute Gasteiger partial charge is 0.123 e. The van der Waals surface area contributed by atoms with Gasteiger partial charge >= 0.3 is 0 Å². The molecule has 0 saturated carbocycles. The first-order chi connectivity index (χ1) is 10.1. The number of hydrogen-bond acceptors (Lipinski definition) is 5. The molecule has 0 fully saturated rings. The third kappa shape index (κ3) is 5.75. The molecule has 0 aliphatic rings. The minimum atomic E-state index is -0.0107. The molecule has 1 rings (SSSR count). The molecule has 0 saturated heterocycles. The Morgan fingerprint density at radius 2 is 2.10 bits per heavy atom. The number of hydrogen-bond donors (Lipinski definition) is 2. The fourth-order valence-electron chi connectivity index (χ4n) is 1.98. The fraction of sp³-hybridized carbons (Fsp3) is 0.500. The molecule has 0 spiro atoms. The molecule has 5 nitrogen and oxygen atoms in total. The van der Waals surface area contributed by atoms with E-state index in [1.54, 1.807) is 14.2 Å². The molecule has 1 aromatic rings. The second-order valence-electron chi connectivity index (χ2n) is 4.86. The predicted octanol–water partition coefficient (Wildman–Crippen LogP) is 1.89. The standard InChI is InChI=1S/C16H26N2O3/c1-12(2)11-21-8-7-18-15(10-17)14-9-13(19-3)5-6-16(14)20-4/h5-6,9,15,18H,1,7-8,10-11,17H2,2-4H3. The van der Waals surface area contributed by atoms with Crippen molar-refractivity contribution in [3.63, 3.8) is 0 Å². The fourth-order valence-corrected chi connectivity index (χ4v) is 1.98. The topological polar surface area (TPSA) is 65.7 Å². The summed E-state index contributed by atoms with van der Waals surface area (Å²) in [6.45, 7) is 8.09. The van der Waals surface area contributed by atoms with Crippen LogP contribution in [0.4, 0.5) is 0 Å². The Morgan fingerprint density at radius 1 is 1.33 bits per heavy atom. The Balaban J connectivity index is 2.64. The third-order valence-corrected chi connectivity index (χ3v) is 3.03. The lowest BCUT2D eigenvalue weighted by Gasteiger charge is -2.20. The normalized spacial score (nSPS) is 12.0. The van der Waals surface area contributed by atoms with Gasteiger partial charge in [0.2, 0.25) is 0 Å². The van der Waals surface area contributed by atoms with Gasteiger partial charge < -0.3 is 25.3 Å². The van der Waals surface area contributed by atoms with Gasteiger partial charge in [0.25, 0.3) is 0 Å². The summed E-state index contributed by atoms with van der Waals surface area (Å²) in [5.74, 6) is 1.58. The summed E-state index contributed by atoms with van der Waals surface area (Å²) in [5, 5.41) is 3.37. The van der Waals surface area contributed by atoms with Crippen LogP contribution in [0.5, 0.6) is 11.5 Å². The zero-order chi connectivity index (χ0) is 15.7. The van der Waals surface area contributed by atoms with Crippen molar-refractivity contribution in [1.82, 2.24) is 5.32 Å². The molecule has 1 aromatic carbocycles. The summed E-state index contributed by atoms with van der Waals surface area (Å²) in [4.78, 5) is 0. The summed E-state index contributed by atoms with van der Waals surface area (Å²) in [6.07, 6.45) is 0. The lowest BCUT2D eigenvalue weighted by Crippen LogP contribution is -2.31. The van der Waals surface area contributed by atoms with Crippen LogP contribution in [0, 0.1) is 0 Å². The van der Waals surface area contributed by atoms with Crippen LogP contribution in [0.1, 0.15) is 18.5 Å². The lowest BCUT2D eigenvalue weighted by molar-refractivity contribution is 0.155. The Hall–Kier alpha value is -1.56. The summed E-state index contributed by atoms with van der Waals surface area (Å²) < 4.78 is 16.1. The van der Waals surface area contributed by atoms with Gasteiger partial charge in [-0.15, -0.1) is 0 Å². The van der Waals surface area contributed by atoms with E-state index in [9.17, 15) is 0 Å². The van der Waals surface area contributed by atoms with Gasteiger partial charge in [-0.25, -0.2) is 0 Å². The largest absolute Gasteiger partial charge is 0.497 e. The summed E-state index contributed by atoms with van der Waals surface area (Å²) in [7, 11) is 3.29. The molecule has 21 heavy (non-hydrogen) atoms. The molecule has 118 valence electrons. The number of ether oxygens (including phenoxy) is 3. The van der Waals surface area contributed by atoms with E-state index in [0.29, 0.717) is 26.3 Å². The Bertz CT molecular complexity index is 449. The van der Waals surface area contributed by atoms with Crippen LogP contribution >= 0.6 is 0 Å². The quantitative estimate of drug-likeness (QED) is 0.509. The minimum absolute atomic E-state index is 0.0107. The average molecular weight is 294 g/mol. The number of benzene rings is 1. The zero-order valence-electron chi connectivity index (χ0n) is 13.1. The monoisotopic (exact) mass is 294 g/mol. The molecule has 0 amide bonds. The number of rotatable bonds is 10. The van der Waals surface area contributed by atoms with Crippen LogP contribution in [0.15, 0.2) is 30.4 Å². The van der Waals surface area contributed by atoms with E-state index in [4.69, 9.17) is 19.9 Å². The molecule has 0 aliphatic heterocycles. The van der Waals surface area contributed by atoms with Crippen molar-refractivity contribution in [3.8, 4) is 11.5 Å². The highest BCUT2D eigenvalue weighted by Crippen LogP contribution is 2.28. The van der Waals surface area contributed by atoms with Crippen molar-refractivity contribution in [1.29, 1.82) is 0 Å². The van der Waals surface area contributed by atoms with Crippen LogP contribution in [-0.2, 0) is 4.74 Å². The second kappa shape index (κ2) is 9.39. The van der Waals surface area contributed by atoms with Gasteiger partial charge in [-0.1, -0.05) is 12.2 Å². The maximum atomic E-state index is 5.87. The molecule has 1 atom stereocenters. The molecule has 3 N–H and O–H groups in total. The van der Waals surface area contributed by atoms with Gasteiger partial charge in [-0.05, 0) is 25.1 Å². The van der Waals surface area contributed by atoms with E-state index < -0.39 is 0 Å². The summed E-state index contributed by atoms with van der Waals surface area (Å²) in [6, 6.07) is 5.68. The van der Waals surface area contributed by atoms with Crippen LogP contribution < -0.4 is 20.5 Å². The first-order valence-corrected chi connectivity index (χ1v) is 6.99. The van der Waals surface area contributed by atoms with E-state index in [-0.39, 0.29) is 6.04 Å². The third-order valence-electron chi connectivity index (χ3n) is 3.03. The molecule has 0 bridgehead atoms. The Labute approximate surface area is 127 Å². The molecule has 1 unspecified atom stereocenters. The van der Waals surface area contributed by atoms with Crippen LogP contribution in [-0.4, -0.2) is 40.5 Å².